The number of nitrogens with one attached hydrogen (secondary N) is 1. The SMILES string of the molecule is C1CCNCC1.CC.CN1CCN(C(C)(C)C)CC1. The van der Waals surface area contributed by atoms with Gasteiger partial charge >= 0.3 is 0 Å². The molecule has 0 aromatic rings. The van der Waals surface area contributed by atoms with Gasteiger partial charge < -0.3 is 10.2 Å². The number of nitrogens with zero attached hydrogens (tertiary/aromatic N) is 2. The molecule has 2 fully saturated rings. The van der Waals surface area contributed by atoms with Crippen LogP contribution in [-0.4, -0.2) is 61.7 Å². The van der Waals surface area contributed by atoms with E-state index in [1.165, 1.54) is 58.5 Å². The molecule has 2 rings (SSSR count). The van der Waals surface area contributed by atoms with Crippen LogP contribution >= 0.6 is 0 Å². The molecule has 0 spiro atoms. The minimum absolute atomic E-state index is 0.362. The van der Waals surface area contributed by atoms with Crippen LogP contribution in [-0.2, 0) is 0 Å². The number of piperidine rings is 1. The summed E-state index contributed by atoms with van der Waals surface area (Å²) in [6.45, 7) is 18.3. The highest BCUT2D eigenvalue weighted by Crippen LogP contribution is 2.14. The smallest absolute Gasteiger partial charge is 0.0126 e. The largest absolute Gasteiger partial charge is 0.317 e. The molecule has 3 nitrogen and oxygen atoms in total. The van der Waals surface area contributed by atoms with Crippen LogP contribution in [0.3, 0.4) is 0 Å². The monoisotopic (exact) mass is 271 g/mol. The summed E-state index contributed by atoms with van der Waals surface area (Å²) in [6, 6.07) is 0. The molecule has 0 unspecified atom stereocenters. The Morgan fingerprint density at radius 2 is 1.26 bits per heavy atom. The minimum atomic E-state index is 0.362. The van der Waals surface area contributed by atoms with Crippen LogP contribution in [0.25, 0.3) is 0 Å². The summed E-state index contributed by atoms with van der Waals surface area (Å²) in [5.41, 5.74) is 0.362. The second-order valence-electron chi connectivity index (χ2n) is 6.27. The molecule has 0 bridgehead atoms. The summed E-state index contributed by atoms with van der Waals surface area (Å²) in [4.78, 5) is 4.94. The predicted octanol–water partition coefficient (Wildman–Crippen LogP) is 2.82. The molecule has 19 heavy (non-hydrogen) atoms. The molecule has 1 N–H and O–H groups in total. The van der Waals surface area contributed by atoms with Gasteiger partial charge in [-0.1, -0.05) is 20.3 Å². The Morgan fingerprint density at radius 3 is 1.53 bits per heavy atom. The first-order valence-corrected chi connectivity index (χ1v) is 8.14. The topological polar surface area (TPSA) is 18.5 Å². The molecule has 116 valence electrons. The van der Waals surface area contributed by atoms with Gasteiger partial charge in [0, 0.05) is 31.7 Å². The van der Waals surface area contributed by atoms with Gasteiger partial charge in [-0.3, -0.25) is 4.90 Å². The van der Waals surface area contributed by atoms with E-state index in [1.54, 1.807) is 0 Å². The number of hydrogen-bond acceptors (Lipinski definition) is 3. The van der Waals surface area contributed by atoms with Gasteiger partial charge in [-0.2, -0.15) is 0 Å². The van der Waals surface area contributed by atoms with Crippen LogP contribution in [0.15, 0.2) is 0 Å². The lowest BCUT2D eigenvalue weighted by Gasteiger charge is -2.41. The highest BCUT2D eigenvalue weighted by Gasteiger charge is 2.23. The van der Waals surface area contributed by atoms with Crippen molar-refractivity contribution < 1.29 is 0 Å². The standard InChI is InChI=1S/C9H20N2.C5H11N.C2H6/c1-9(2,3)11-7-5-10(4)6-8-11;1-2-4-6-5-3-1;1-2/h5-8H2,1-4H3;6H,1-5H2;1-2H3. The third-order valence-corrected chi connectivity index (χ3v) is 3.66. The first-order chi connectivity index (χ1) is 9.00. The molecule has 0 amide bonds. The average Bonchev–Trinajstić information content (AvgIpc) is 2.43. The molecule has 0 radical (unpaired) electrons. The van der Waals surface area contributed by atoms with Crippen molar-refractivity contribution in [3.05, 3.63) is 0 Å². The molecule has 3 heteroatoms. The van der Waals surface area contributed by atoms with E-state index in [-0.39, 0.29) is 0 Å². The fourth-order valence-electron chi connectivity index (χ4n) is 2.28. The van der Waals surface area contributed by atoms with E-state index in [2.05, 4.69) is 42.9 Å². The van der Waals surface area contributed by atoms with Crippen molar-refractivity contribution in [1.82, 2.24) is 15.1 Å². The first kappa shape index (κ1) is 18.9. The van der Waals surface area contributed by atoms with Gasteiger partial charge in [-0.25, -0.2) is 0 Å². The van der Waals surface area contributed by atoms with Gasteiger partial charge in [0.15, 0.2) is 0 Å². The van der Waals surface area contributed by atoms with E-state index in [1.807, 2.05) is 13.8 Å². The molecule has 2 heterocycles. The van der Waals surface area contributed by atoms with E-state index >= 15 is 0 Å². The van der Waals surface area contributed by atoms with E-state index in [9.17, 15) is 0 Å². The fourth-order valence-corrected chi connectivity index (χ4v) is 2.28. The summed E-state index contributed by atoms with van der Waals surface area (Å²) >= 11 is 0. The molecule has 2 aliphatic heterocycles. The van der Waals surface area contributed by atoms with Crippen LogP contribution < -0.4 is 5.32 Å². The maximum atomic E-state index is 3.28. The maximum Gasteiger partial charge on any atom is 0.0126 e. The van der Waals surface area contributed by atoms with Gasteiger partial charge in [-0.15, -0.1) is 0 Å². The molecule has 0 aromatic heterocycles. The second-order valence-corrected chi connectivity index (χ2v) is 6.27. The van der Waals surface area contributed by atoms with Crippen molar-refractivity contribution in [1.29, 1.82) is 0 Å². The maximum absolute atomic E-state index is 3.28. The van der Waals surface area contributed by atoms with Crippen molar-refractivity contribution in [2.24, 2.45) is 0 Å². The Morgan fingerprint density at radius 1 is 0.789 bits per heavy atom. The van der Waals surface area contributed by atoms with E-state index < -0.39 is 0 Å². The Balaban J connectivity index is 0.000000341. The lowest BCUT2D eigenvalue weighted by molar-refractivity contribution is 0.0735. The highest BCUT2D eigenvalue weighted by atomic mass is 15.3. The van der Waals surface area contributed by atoms with Crippen LogP contribution in [0.1, 0.15) is 53.9 Å². The van der Waals surface area contributed by atoms with Crippen LogP contribution in [0.4, 0.5) is 0 Å². The lowest BCUT2D eigenvalue weighted by Crippen LogP contribution is -2.52. The highest BCUT2D eigenvalue weighted by molar-refractivity contribution is 4.80. The quantitative estimate of drug-likeness (QED) is 0.731. The zero-order valence-electron chi connectivity index (χ0n) is 14.3. The molecule has 0 atom stereocenters. The van der Waals surface area contributed by atoms with Gasteiger partial charge in [0.2, 0.25) is 0 Å². The summed E-state index contributed by atoms with van der Waals surface area (Å²) in [6.07, 6.45) is 4.22. The van der Waals surface area contributed by atoms with Gasteiger partial charge in [0.1, 0.15) is 0 Å². The van der Waals surface area contributed by atoms with Crippen molar-refractivity contribution in [2.75, 3.05) is 46.3 Å². The van der Waals surface area contributed by atoms with E-state index in [0.29, 0.717) is 5.54 Å². The Kier molecular flexibility index (Phi) is 10.6. The Labute approximate surface area is 121 Å². The molecule has 2 aliphatic rings. The summed E-state index contributed by atoms with van der Waals surface area (Å²) in [7, 11) is 2.19. The summed E-state index contributed by atoms with van der Waals surface area (Å²) < 4.78 is 0. The Hall–Kier alpha value is -0.120. The summed E-state index contributed by atoms with van der Waals surface area (Å²) in [5, 5.41) is 3.28. The van der Waals surface area contributed by atoms with E-state index in [4.69, 9.17) is 0 Å². The number of likely N-dealkylation sites (N-methyl/N-ethyl adjacent to an activating group) is 1. The number of piperazine rings is 1. The van der Waals surface area contributed by atoms with Crippen LogP contribution in [0, 0.1) is 0 Å². The fraction of sp³-hybridized carbons (Fsp3) is 1.00. The van der Waals surface area contributed by atoms with Crippen molar-refractivity contribution in [3.8, 4) is 0 Å². The first-order valence-electron chi connectivity index (χ1n) is 8.14. The van der Waals surface area contributed by atoms with Gasteiger partial charge in [0.25, 0.3) is 0 Å². The van der Waals surface area contributed by atoms with Crippen molar-refractivity contribution in [3.63, 3.8) is 0 Å². The van der Waals surface area contributed by atoms with Gasteiger partial charge in [-0.05, 0) is 53.8 Å². The molecular weight excluding hydrogens is 234 g/mol. The average molecular weight is 271 g/mol. The molecule has 0 aromatic carbocycles. The van der Waals surface area contributed by atoms with E-state index in [0.717, 1.165) is 0 Å². The van der Waals surface area contributed by atoms with Crippen LogP contribution in [0.5, 0.6) is 0 Å². The third-order valence-electron chi connectivity index (χ3n) is 3.66. The van der Waals surface area contributed by atoms with Gasteiger partial charge in [0.05, 0.1) is 0 Å². The molecule has 0 aliphatic carbocycles. The van der Waals surface area contributed by atoms with Crippen LogP contribution in [0.2, 0.25) is 0 Å². The molecule has 2 saturated heterocycles. The minimum Gasteiger partial charge on any atom is -0.317 e. The normalized spacial score (nSPS) is 21.8. The summed E-state index contributed by atoms with van der Waals surface area (Å²) in [5.74, 6) is 0. The zero-order valence-corrected chi connectivity index (χ0v) is 14.3. The molecular formula is C16H37N3. The third kappa shape index (κ3) is 9.42. The van der Waals surface area contributed by atoms with Crippen molar-refractivity contribution in [2.45, 2.75) is 59.4 Å². The zero-order chi connectivity index (χ0) is 14.7. The lowest BCUT2D eigenvalue weighted by atomic mass is 10.1. The Bertz CT molecular complexity index is 175. The number of rotatable bonds is 0. The number of hydrogen-bond donors (Lipinski definition) is 1. The molecule has 0 saturated carbocycles. The van der Waals surface area contributed by atoms with Crippen molar-refractivity contribution >= 4 is 0 Å². The predicted molar refractivity (Wildman–Crippen MR) is 86.9 cm³/mol. The second kappa shape index (κ2) is 10.6.